The van der Waals surface area contributed by atoms with Crippen molar-refractivity contribution < 1.29 is 155 Å². The molecule has 36 heteroatoms. The maximum Gasteiger partial charge on any atom is 0.460 e. The van der Waals surface area contributed by atoms with Crippen molar-refractivity contribution in [1.82, 2.24) is 4.90 Å². The third kappa shape index (κ3) is 6.01. The first-order chi connectivity index (χ1) is 21.3. The maximum atomic E-state index is 14.5. The van der Waals surface area contributed by atoms with Gasteiger partial charge in [0.1, 0.15) is 0 Å². The number of carboxylic acid groups (broad SMARTS) is 1. The minimum atomic E-state index is -10.5. The summed E-state index contributed by atoms with van der Waals surface area (Å²) in [5.41, 5.74) is -9.08. The monoisotopic (exact) mass is 867 g/mol. The van der Waals surface area contributed by atoms with Gasteiger partial charge in [0.25, 0.3) is 0 Å². The summed E-state index contributed by atoms with van der Waals surface area (Å²) < 4.78 is 429. The Balaban J connectivity index is 0. The molecule has 314 valence electrons. The summed E-state index contributed by atoms with van der Waals surface area (Å²) in [7, 11) is 0. The Morgan fingerprint density at radius 3 is 0.654 bits per heavy atom. The molecule has 0 aliphatic carbocycles. The molecule has 0 bridgehead atoms. The zero-order valence-electron chi connectivity index (χ0n) is 21.8. The molecule has 0 aliphatic heterocycles. The molecule has 3 nitrogen and oxygen atoms in total. The summed E-state index contributed by atoms with van der Waals surface area (Å²) >= 11 is 0. The predicted octanol–water partition coefficient (Wildman–Crippen LogP) is 9.78. The molecule has 0 aromatic rings. The lowest BCUT2D eigenvalue weighted by atomic mass is 9.91. The van der Waals surface area contributed by atoms with Gasteiger partial charge in [0, 0.05) is 0 Å². The maximum absolute atomic E-state index is 14.5. The van der Waals surface area contributed by atoms with Crippen molar-refractivity contribution in [2.45, 2.75) is 89.7 Å². The van der Waals surface area contributed by atoms with Crippen molar-refractivity contribution in [2.24, 2.45) is 0 Å². The highest BCUT2D eigenvalue weighted by Gasteiger charge is 2.99. The fraction of sp³-hybridized carbons (Fsp3) is 0.938. The molecular formula is C16H2F33NO2. The lowest BCUT2D eigenvalue weighted by Crippen LogP contribution is -2.83. The topological polar surface area (TPSA) is 40.5 Å². The van der Waals surface area contributed by atoms with Crippen LogP contribution in [0.3, 0.4) is 0 Å². The molecule has 1 unspecified atom stereocenters. The van der Waals surface area contributed by atoms with E-state index in [4.69, 9.17) is 5.11 Å². The zero-order valence-corrected chi connectivity index (χ0v) is 21.8. The van der Waals surface area contributed by atoms with E-state index >= 15 is 0 Å². The molecule has 0 aliphatic rings. The van der Waals surface area contributed by atoms with Crippen molar-refractivity contribution in [2.75, 3.05) is 0 Å². The second-order valence-electron chi connectivity index (χ2n) is 9.01. The minimum absolute atomic E-state index is 0. The van der Waals surface area contributed by atoms with Crippen molar-refractivity contribution >= 4 is 5.97 Å². The molecule has 0 radical (unpaired) electrons. The Hall–Kier alpha value is -2.88. The molecule has 0 amide bonds. The largest absolute Gasteiger partial charge is 0.478 e. The van der Waals surface area contributed by atoms with Crippen LogP contribution < -0.4 is 0 Å². The number of carbonyl (C=O) groups is 1. The van der Waals surface area contributed by atoms with Crippen molar-refractivity contribution in [3.05, 3.63) is 0 Å². The first-order valence-electron chi connectivity index (χ1n) is 10.4. The third-order valence-corrected chi connectivity index (χ3v) is 5.78. The Labute approximate surface area is 257 Å². The molecule has 0 saturated carbocycles. The highest BCUT2D eigenvalue weighted by atomic mass is 19.4. The molecule has 0 heterocycles. The Kier molecular flexibility index (Phi) is 12.1. The smallest absolute Gasteiger partial charge is 0.460 e. The zero-order chi connectivity index (χ0) is 42.7. The van der Waals surface area contributed by atoms with Gasteiger partial charge in [-0.25, -0.2) is 9.18 Å². The summed E-state index contributed by atoms with van der Waals surface area (Å²) in [6.07, 6.45) is -25.9. The van der Waals surface area contributed by atoms with Crippen molar-refractivity contribution in [3.63, 3.8) is 0 Å². The van der Waals surface area contributed by atoms with Gasteiger partial charge < -0.3 is 5.11 Å². The van der Waals surface area contributed by atoms with Crippen LogP contribution in [0.2, 0.25) is 0 Å². The number of aliphatic carboxylic acids is 1. The van der Waals surface area contributed by atoms with Gasteiger partial charge >= 0.3 is 95.7 Å². The summed E-state index contributed by atoms with van der Waals surface area (Å²) in [5.74, 6) is -83.7. The number of hydrogen-bond donors (Lipinski definition) is 1. The third-order valence-electron chi connectivity index (χ3n) is 5.78. The average Bonchev–Trinajstić information content (AvgIpc) is 2.84. The quantitative estimate of drug-likeness (QED) is 0.148. The van der Waals surface area contributed by atoms with Crippen molar-refractivity contribution in [1.29, 1.82) is 0 Å². The molecule has 0 aromatic heterocycles. The van der Waals surface area contributed by atoms with Gasteiger partial charge in [-0.1, -0.05) is 0 Å². The molecule has 0 saturated heterocycles. The van der Waals surface area contributed by atoms with Gasteiger partial charge in [-0.3, -0.25) is 4.70 Å². The van der Waals surface area contributed by atoms with E-state index in [1.807, 2.05) is 0 Å². The van der Waals surface area contributed by atoms with E-state index in [1.54, 1.807) is 0 Å². The fourth-order valence-electron chi connectivity index (χ4n) is 2.91. The van der Waals surface area contributed by atoms with Gasteiger partial charge in [0.15, 0.2) is 0 Å². The molecule has 0 rings (SSSR count). The van der Waals surface area contributed by atoms with Crippen LogP contribution in [0.15, 0.2) is 0 Å². The SMILES string of the molecule is F.O=C(O)C(F)(C(F)(F)F)C(F)(F)N(C(F)(F)C(F)(F)C(F)(F)C(F)(F)C(F)(F)C(F)(F)F)C(F)(F)C(F)(F)C(F)(F)C(F)(F)C(F)(F)C(F)(F)F. The Morgan fingerprint density at radius 1 is 0.308 bits per heavy atom. The second-order valence-corrected chi connectivity index (χ2v) is 9.01. The Bertz CT molecular complexity index is 1230. The van der Waals surface area contributed by atoms with Gasteiger partial charge in [-0.05, 0) is 0 Å². The molecule has 0 aromatic carbocycles. The summed E-state index contributed by atoms with van der Waals surface area (Å²) in [6.45, 7) is 0. The van der Waals surface area contributed by atoms with Crippen LogP contribution in [0, 0.1) is 0 Å². The van der Waals surface area contributed by atoms with Crippen LogP contribution in [-0.2, 0) is 4.79 Å². The fourth-order valence-corrected chi connectivity index (χ4v) is 2.91. The van der Waals surface area contributed by atoms with Crippen LogP contribution in [-0.4, -0.2) is 106 Å². The molecule has 0 fully saturated rings. The second kappa shape index (κ2) is 12.3. The average molecular weight is 867 g/mol. The number of halogens is 33. The number of carboxylic acids is 1. The van der Waals surface area contributed by atoms with Crippen molar-refractivity contribution in [3.8, 4) is 0 Å². The van der Waals surface area contributed by atoms with E-state index in [1.165, 1.54) is 0 Å². The number of nitrogens with zero attached hydrogens (tertiary/aromatic N) is 1. The van der Waals surface area contributed by atoms with E-state index in [0.717, 1.165) is 0 Å². The molecular weight excluding hydrogens is 865 g/mol. The van der Waals surface area contributed by atoms with E-state index in [9.17, 15) is 145 Å². The molecule has 1 N–H and O–H groups in total. The van der Waals surface area contributed by atoms with E-state index in [-0.39, 0.29) is 4.70 Å². The molecule has 52 heavy (non-hydrogen) atoms. The van der Waals surface area contributed by atoms with Crippen LogP contribution in [0.4, 0.5) is 145 Å². The number of alkyl halides is 32. The number of rotatable bonds is 13. The first kappa shape index (κ1) is 51.2. The van der Waals surface area contributed by atoms with Gasteiger partial charge in [-0.2, -0.15) is 136 Å². The van der Waals surface area contributed by atoms with Gasteiger partial charge in [-0.15, -0.1) is 4.90 Å². The summed E-state index contributed by atoms with van der Waals surface area (Å²) in [5, 5.41) is 8.01. The van der Waals surface area contributed by atoms with E-state index in [2.05, 4.69) is 0 Å². The normalized spacial score (nSPS) is 17.6. The lowest BCUT2D eigenvalue weighted by Gasteiger charge is -2.50. The van der Waals surface area contributed by atoms with Crippen LogP contribution in [0.5, 0.6) is 0 Å². The lowest BCUT2D eigenvalue weighted by molar-refractivity contribution is -0.520. The highest BCUT2D eigenvalue weighted by Crippen LogP contribution is 2.67. The highest BCUT2D eigenvalue weighted by molar-refractivity contribution is 5.80. The van der Waals surface area contributed by atoms with E-state index < -0.39 is 101 Å². The summed E-state index contributed by atoms with van der Waals surface area (Å²) in [4.78, 5) is 3.99. The minimum Gasteiger partial charge on any atom is -0.478 e. The van der Waals surface area contributed by atoms with Crippen LogP contribution >= 0.6 is 0 Å². The predicted molar refractivity (Wildman–Crippen MR) is 88.4 cm³/mol. The standard InChI is InChI=1S/C16HF32NO2.FH/c17-2(1(50)51,11(34,35)36)14(43,44)49(15(45,46)9(30,31)5(22,23)3(18,19)7(26,27)12(37,38)39)16(47,48)10(32,33)6(24,25)4(20,21)8(28,29)13(40,41)42;/h(H,50,51);1H. The molecule has 0 spiro atoms. The van der Waals surface area contributed by atoms with E-state index in [0.29, 0.717) is 0 Å². The van der Waals surface area contributed by atoms with Crippen LogP contribution in [0.1, 0.15) is 0 Å². The molecule has 1 atom stereocenters. The first-order valence-corrected chi connectivity index (χ1v) is 10.4. The number of hydrogen-bond acceptors (Lipinski definition) is 2. The van der Waals surface area contributed by atoms with Crippen LogP contribution in [0.25, 0.3) is 0 Å². The Morgan fingerprint density at radius 2 is 0.500 bits per heavy atom. The van der Waals surface area contributed by atoms with Gasteiger partial charge in [0.05, 0.1) is 0 Å². The van der Waals surface area contributed by atoms with Gasteiger partial charge in [0.2, 0.25) is 0 Å². The summed E-state index contributed by atoms with van der Waals surface area (Å²) in [6, 6.07) is -30.9.